The van der Waals surface area contributed by atoms with Crippen molar-refractivity contribution in [2.45, 2.75) is 45.1 Å². The van der Waals surface area contributed by atoms with Gasteiger partial charge in [-0.05, 0) is 18.8 Å². The summed E-state index contributed by atoms with van der Waals surface area (Å²) in [6.45, 7) is 4.89. The third kappa shape index (κ3) is 1.61. The summed E-state index contributed by atoms with van der Waals surface area (Å²) in [5, 5.41) is 0. The third-order valence-corrected chi connectivity index (χ3v) is 2.54. The molecule has 0 aromatic carbocycles. The number of rotatable bonds is 3. The number of hydrogen-bond donors (Lipinski definition) is 2. The molecule has 0 amide bonds. The van der Waals surface area contributed by atoms with E-state index in [1.807, 2.05) is 0 Å². The van der Waals surface area contributed by atoms with Crippen LogP contribution in [-0.2, 0) is 6.54 Å². The number of nitrogens with zero attached hydrogens (tertiary/aromatic N) is 1. The summed E-state index contributed by atoms with van der Waals surface area (Å²) in [4.78, 5) is 7.85. The Morgan fingerprint density at radius 3 is 2.69 bits per heavy atom. The molecular weight excluding hydrogens is 162 g/mol. The van der Waals surface area contributed by atoms with Gasteiger partial charge in [-0.1, -0.05) is 13.8 Å². The maximum absolute atomic E-state index is 5.56. The zero-order chi connectivity index (χ0) is 9.42. The summed E-state index contributed by atoms with van der Waals surface area (Å²) >= 11 is 0. The molecule has 1 aliphatic carbocycles. The summed E-state index contributed by atoms with van der Waals surface area (Å²) < 4.78 is 0. The van der Waals surface area contributed by atoms with Crippen LogP contribution in [0, 0.1) is 0 Å². The van der Waals surface area contributed by atoms with Crippen LogP contribution >= 0.6 is 0 Å². The number of H-pyrrole nitrogens is 1. The molecule has 0 radical (unpaired) electrons. The first-order chi connectivity index (χ1) is 6.22. The van der Waals surface area contributed by atoms with Gasteiger partial charge in [0.05, 0.1) is 12.2 Å². The predicted octanol–water partition coefficient (Wildman–Crippen LogP) is 1.87. The summed E-state index contributed by atoms with van der Waals surface area (Å²) in [6, 6.07) is 0. The molecule has 1 fully saturated rings. The van der Waals surface area contributed by atoms with Gasteiger partial charge in [0, 0.05) is 11.6 Å². The van der Waals surface area contributed by atoms with E-state index in [9.17, 15) is 0 Å². The van der Waals surface area contributed by atoms with Gasteiger partial charge in [-0.25, -0.2) is 4.98 Å². The Labute approximate surface area is 78.7 Å². The van der Waals surface area contributed by atoms with Crippen molar-refractivity contribution in [2.24, 2.45) is 5.73 Å². The minimum atomic E-state index is 0.507. The molecule has 3 N–H and O–H groups in total. The molecule has 1 saturated carbocycles. The number of aromatic nitrogens is 2. The van der Waals surface area contributed by atoms with Gasteiger partial charge >= 0.3 is 0 Å². The molecule has 1 aliphatic rings. The molecule has 3 nitrogen and oxygen atoms in total. The Morgan fingerprint density at radius 2 is 2.23 bits per heavy atom. The third-order valence-electron chi connectivity index (χ3n) is 2.54. The smallest absolute Gasteiger partial charge is 0.120 e. The number of aromatic amines is 1. The predicted molar refractivity (Wildman–Crippen MR) is 52.5 cm³/mol. The highest BCUT2D eigenvalue weighted by atomic mass is 15.0. The van der Waals surface area contributed by atoms with Crippen molar-refractivity contribution >= 4 is 0 Å². The van der Waals surface area contributed by atoms with Crippen molar-refractivity contribution in [2.75, 3.05) is 0 Å². The Hall–Kier alpha value is -0.830. The van der Waals surface area contributed by atoms with Crippen LogP contribution in [0.5, 0.6) is 0 Å². The molecule has 0 aliphatic heterocycles. The molecule has 13 heavy (non-hydrogen) atoms. The van der Waals surface area contributed by atoms with Crippen molar-refractivity contribution in [3.63, 3.8) is 0 Å². The van der Waals surface area contributed by atoms with E-state index >= 15 is 0 Å². The van der Waals surface area contributed by atoms with E-state index in [1.165, 1.54) is 24.2 Å². The average molecular weight is 179 g/mol. The molecule has 1 heterocycles. The largest absolute Gasteiger partial charge is 0.344 e. The van der Waals surface area contributed by atoms with Crippen LogP contribution in [0.2, 0.25) is 0 Å². The maximum Gasteiger partial charge on any atom is 0.120 e. The highest BCUT2D eigenvalue weighted by molar-refractivity contribution is 5.25. The van der Waals surface area contributed by atoms with Crippen LogP contribution < -0.4 is 5.73 Å². The van der Waals surface area contributed by atoms with Crippen molar-refractivity contribution in [3.8, 4) is 0 Å². The van der Waals surface area contributed by atoms with Gasteiger partial charge in [-0.3, -0.25) is 0 Å². The summed E-state index contributed by atoms with van der Waals surface area (Å²) in [5.74, 6) is 2.18. The molecule has 1 aromatic heterocycles. The van der Waals surface area contributed by atoms with Crippen molar-refractivity contribution in [1.29, 1.82) is 0 Å². The second-order valence-corrected chi connectivity index (χ2v) is 4.12. The number of hydrogen-bond acceptors (Lipinski definition) is 2. The van der Waals surface area contributed by atoms with Gasteiger partial charge in [0.15, 0.2) is 0 Å². The quantitative estimate of drug-likeness (QED) is 0.744. The molecule has 0 atom stereocenters. The molecule has 0 unspecified atom stereocenters. The SMILES string of the molecule is CC(C)c1nc(CN)[nH]c1C1CC1. The number of nitrogens with two attached hydrogens (primary N) is 1. The monoisotopic (exact) mass is 179 g/mol. The van der Waals surface area contributed by atoms with Crippen LogP contribution in [0.1, 0.15) is 55.7 Å². The maximum atomic E-state index is 5.56. The Balaban J connectivity index is 2.33. The summed E-state index contributed by atoms with van der Waals surface area (Å²) in [5.41, 5.74) is 8.13. The molecular formula is C10H17N3. The zero-order valence-corrected chi connectivity index (χ0v) is 8.30. The first-order valence-electron chi connectivity index (χ1n) is 5.01. The van der Waals surface area contributed by atoms with E-state index in [4.69, 9.17) is 5.73 Å². The van der Waals surface area contributed by atoms with Crippen molar-refractivity contribution in [3.05, 3.63) is 17.2 Å². The van der Waals surface area contributed by atoms with Crippen molar-refractivity contribution in [1.82, 2.24) is 9.97 Å². The zero-order valence-electron chi connectivity index (χ0n) is 8.30. The standard InChI is InChI=1S/C10H17N3/c1-6(2)9-10(7-3-4-7)13-8(5-11)12-9/h6-7H,3-5,11H2,1-2H3,(H,12,13). The fourth-order valence-corrected chi connectivity index (χ4v) is 1.67. The Morgan fingerprint density at radius 1 is 1.54 bits per heavy atom. The van der Waals surface area contributed by atoms with Gasteiger partial charge in [-0.15, -0.1) is 0 Å². The molecule has 0 saturated heterocycles. The second kappa shape index (κ2) is 3.14. The van der Waals surface area contributed by atoms with Gasteiger partial charge in [0.25, 0.3) is 0 Å². The first-order valence-corrected chi connectivity index (χ1v) is 5.01. The van der Waals surface area contributed by atoms with Crippen LogP contribution in [0.3, 0.4) is 0 Å². The normalized spacial score (nSPS) is 16.9. The van der Waals surface area contributed by atoms with Crippen molar-refractivity contribution < 1.29 is 0 Å². The lowest BCUT2D eigenvalue weighted by molar-refractivity contribution is 0.803. The van der Waals surface area contributed by atoms with Crippen LogP contribution in [0.4, 0.5) is 0 Å². The molecule has 0 bridgehead atoms. The first kappa shape index (κ1) is 8.75. The fourth-order valence-electron chi connectivity index (χ4n) is 1.67. The lowest BCUT2D eigenvalue weighted by Crippen LogP contribution is -1.98. The van der Waals surface area contributed by atoms with Gasteiger partial charge < -0.3 is 10.7 Å². The molecule has 72 valence electrons. The van der Waals surface area contributed by atoms with Gasteiger partial charge in [-0.2, -0.15) is 0 Å². The minimum Gasteiger partial charge on any atom is -0.344 e. The Kier molecular flexibility index (Phi) is 2.12. The van der Waals surface area contributed by atoms with E-state index in [0.717, 1.165) is 11.7 Å². The number of imidazole rings is 1. The topological polar surface area (TPSA) is 54.7 Å². The Bertz CT molecular complexity index is 278. The summed E-state index contributed by atoms with van der Waals surface area (Å²) in [6.07, 6.45) is 2.62. The van der Waals surface area contributed by atoms with E-state index in [-0.39, 0.29) is 0 Å². The highest BCUT2D eigenvalue weighted by Gasteiger charge is 2.29. The van der Waals surface area contributed by atoms with Crippen LogP contribution in [0.25, 0.3) is 0 Å². The van der Waals surface area contributed by atoms with E-state index in [2.05, 4.69) is 23.8 Å². The van der Waals surface area contributed by atoms with Crippen LogP contribution in [-0.4, -0.2) is 9.97 Å². The van der Waals surface area contributed by atoms with E-state index in [1.54, 1.807) is 0 Å². The molecule has 2 rings (SSSR count). The fraction of sp³-hybridized carbons (Fsp3) is 0.700. The molecule has 3 heteroatoms. The van der Waals surface area contributed by atoms with Crippen LogP contribution in [0.15, 0.2) is 0 Å². The van der Waals surface area contributed by atoms with Gasteiger partial charge in [0.1, 0.15) is 5.82 Å². The lowest BCUT2D eigenvalue weighted by atomic mass is 10.1. The minimum absolute atomic E-state index is 0.507. The number of nitrogens with one attached hydrogen (secondary N) is 1. The second-order valence-electron chi connectivity index (χ2n) is 4.12. The lowest BCUT2D eigenvalue weighted by Gasteiger charge is -2.02. The van der Waals surface area contributed by atoms with Gasteiger partial charge in [0.2, 0.25) is 0 Å². The highest BCUT2D eigenvalue weighted by Crippen LogP contribution is 2.42. The van der Waals surface area contributed by atoms with E-state index < -0.39 is 0 Å². The molecule has 0 spiro atoms. The molecule has 1 aromatic rings. The average Bonchev–Trinajstić information content (AvgIpc) is 2.84. The van der Waals surface area contributed by atoms with E-state index in [0.29, 0.717) is 12.5 Å². The summed E-state index contributed by atoms with van der Waals surface area (Å²) in [7, 11) is 0.